The number of hydrogen-bond donors (Lipinski definition) is 0. The molecule has 0 radical (unpaired) electrons. The van der Waals surface area contributed by atoms with Gasteiger partial charge in [0.15, 0.2) is 5.82 Å². The van der Waals surface area contributed by atoms with Gasteiger partial charge in [-0.1, -0.05) is 0 Å². The minimum atomic E-state index is 0.232. The van der Waals surface area contributed by atoms with E-state index in [2.05, 4.69) is 25.0 Å². The van der Waals surface area contributed by atoms with E-state index in [4.69, 9.17) is 11.6 Å². The molecule has 0 aliphatic carbocycles. The number of halogens is 1. The first-order valence-electron chi connectivity index (χ1n) is 6.46. The molecular weight excluding hydrogens is 264 g/mol. The van der Waals surface area contributed by atoms with Crippen LogP contribution in [0.3, 0.4) is 0 Å². The first kappa shape index (κ1) is 12.3. The Balaban J connectivity index is 2.02. The van der Waals surface area contributed by atoms with Gasteiger partial charge in [0.25, 0.3) is 0 Å². The van der Waals surface area contributed by atoms with Gasteiger partial charge in [-0.2, -0.15) is 20.1 Å². The van der Waals surface area contributed by atoms with Crippen LogP contribution < -0.4 is 4.90 Å². The Bertz CT molecular complexity index is 575. The highest BCUT2D eigenvalue weighted by Crippen LogP contribution is 2.21. The zero-order valence-corrected chi connectivity index (χ0v) is 11.5. The fraction of sp³-hybridized carbons (Fsp3) is 0.500. The standard InChI is InChI=1S/C12H15ClN6/c1-2-19-9(5-6-14-19)10-15-11(13)17-12(16-10)18-7-3-4-8-18/h5-6H,2-4,7-8H2,1H3. The van der Waals surface area contributed by atoms with Gasteiger partial charge >= 0.3 is 0 Å². The lowest BCUT2D eigenvalue weighted by Gasteiger charge is -2.15. The van der Waals surface area contributed by atoms with E-state index in [0.717, 1.165) is 25.3 Å². The molecule has 6 nitrogen and oxygen atoms in total. The maximum atomic E-state index is 6.02. The SMILES string of the molecule is CCn1nccc1-c1nc(Cl)nc(N2CCCC2)n1. The van der Waals surface area contributed by atoms with E-state index in [-0.39, 0.29) is 5.28 Å². The Morgan fingerprint density at radius 3 is 2.74 bits per heavy atom. The van der Waals surface area contributed by atoms with Crippen LogP contribution in [0.5, 0.6) is 0 Å². The van der Waals surface area contributed by atoms with E-state index in [0.29, 0.717) is 11.8 Å². The summed E-state index contributed by atoms with van der Waals surface area (Å²) in [6, 6.07) is 1.89. The molecular formula is C12H15ClN6. The molecule has 1 fully saturated rings. The monoisotopic (exact) mass is 278 g/mol. The third-order valence-corrected chi connectivity index (χ3v) is 3.40. The fourth-order valence-electron chi connectivity index (χ4n) is 2.29. The summed E-state index contributed by atoms with van der Waals surface area (Å²) in [4.78, 5) is 15.1. The van der Waals surface area contributed by atoms with Crippen LogP contribution >= 0.6 is 11.6 Å². The van der Waals surface area contributed by atoms with Crippen molar-refractivity contribution in [2.24, 2.45) is 0 Å². The lowest BCUT2D eigenvalue weighted by atomic mass is 10.4. The second-order valence-corrected chi connectivity index (χ2v) is 4.79. The van der Waals surface area contributed by atoms with Crippen LogP contribution in [0.25, 0.3) is 11.5 Å². The largest absolute Gasteiger partial charge is 0.341 e. The molecule has 19 heavy (non-hydrogen) atoms. The molecule has 7 heteroatoms. The van der Waals surface area contributed by atoms with Gasteiger partial charge < -0.3 is 4.90 Å². The topological polar surface area (TPSA) is 59.7 Å². The van der Waals surface area contributed by atoms with Crippen molar-refractivity contribution in [3.63, 3.8) is 0 Å². The van der Waals surface area contributed by atoms with Crippen LogP contribution in [0.1, 0.15) is 19.8 Å². The van der Waals surface area contributed by atoms with E-state index < -0.39 is 0 Å². The van der Waals surface area contributed by atoms with Crippen LogP contribution in [0.15, 0.2) is 12.3 Å². The highest BCUT2D eigenvalue weighted by molar-refractivity contribution is 6.28. The molecule has 1 aliphatic heterocycles. The minimum absolute atomic E-state index is 0.232. The number of anilines is 1. The second-order valence-electron chi connectivity index (χ2n) is 4.45. The summed E-state index contributed by atoms with van der Waals surface area (Å²) >= 11 is 6.02. The fourth-order valence-corrected chi connectivity index (χ4v) is 2.44. The van der Waals surface area contributed by atoms with E-state index >= 15 is 0 Å². The third kappa shape index (κ3) is 2.40. The molecule has 0 bridgehead atoms. The summed E-state index contributed by atoms with van der Waals surface area (Å²) in [6.07, 6.45) is 4.09. The lowest BCUT2D eigenvalue weighted by Crippen LogP contribution is -2.21. The maximum absolute atomic E-state index is 6.02. The average molecular weight is 279 g/mol. The maximum Gasteiger partial charge on any atom is 0.230 e. The third-order valence-electron chi connectivity index (χ3n) is 3.23. The van der Waals surface area contributed by atoms with E-state index in [1.807, 2.05) is 17.7 Å². The average Bonchev–Trinajstić information content (AvgIpc) is 3.09. The van der Waals surface area contributed by atoms with Crippen molar-refractivity contribution >= 4 is 17.5 Å². The van der Waals surface area contributed by atoms with Crippen molar-refractivity contribution in [2.75, 3.05) is 18.0 Å². The Hall–Kier alpha value is -1.69. The van der Waals surface area contributed by atoms with Gasteiger partial charge in [0.2, 0.25) is 11.2 Å². The van der Waals surface area contributed by atoms with E-state index in [9.17, 15) is 0 Å². The molecule has 0 N–H and O–H groups in total. The first-order valence-corrected chi connectivity index (χ1v) is 6.84. The summed E-state index contributed by atoms with van der Waals surface area (Å²) in [5.41, 5.74) is 0.868. The van der Waals surface area contributed by atoms with Crippen LogP contribution in [-0.4, -0.2) is 37.8 Å². The van der Waals surface area contributed by atoms with Crippen molar-refractivity contribution in [1.29, 1.82) is 0 Å². The van der Waals surface area contributed by atoms with Gasteiger partial charge in [-0.25, -0.2) is 0 Å². The summed E-state index contributed by atoms with van der Waals surface area (Å²) in [5.74, 6) is 1.25. The molecule has 0 unspecified atom stereocenters. The molecule has 0 saturated carbocycles. The zero-order valence-electron chi connectivity index (χ0n) is 10.8. The summed E-state index contributed by atoms with van der Waals surface area (Å²) in [5, 5.41) is 4.46. The van der Waals surface area contributed by atoms with Crippen molar-refractivity contribution in [3.8, 4) is 11.5 Å². The Labute approximate surface area is 116 Å². The summed E-state index contributed by atoms with van der Waals surface area (Å²) in [6.45, 7) is 4.75. The normalized spacial score (nSPS) is 15.2. The van der Waals surface area contributed by atoms with Gasteiger partial charge in [0.1, 0.15) is 5.69 Å². The minimum Gasteiger partial charge on any atom is -0.341 e. The van der Waals surface area contributed by atoms with E-state index in [1.165, 1.54) is 12.8 Å². The molecule has 0 aromatic carbocycles. The molecule has 0 spiro atoms. The molecule has 2 aromatic rings. The molecule has 3 rings (SSSR count). The van der Waals surface area contributed by atoms with Gasteiger partial charge in [0.05, 0.1) is 0 Å². The van der Waals surface area contributed by atoms with Gasteiger partial charge in [-0.15, -0.1) is 0 Å². The van der Waals surface area contributed by atoms with Crippen LogP contribution in [0, 0.1) is 0 Å². The van der Waals surface area contributed by atoms with Crippen LogP contribution in [0.2, 0.25) is 5.28 Å². The Morgan fingerprint density at radius 2 is 2.00 bits per heavy atom. The smallest absolute Gasteiger partial charge is 0.230 e. The van der Waals surface area contributed by atoms with E-state index in [1.54, 1.807) is 6.20 Å². The number of aromatic nitrogens is 5. The molecule has 0 atom stereocenters. The van der Waals surface area contributed by atoms with Gasteiger partial charge in [-0.05, 0) is 37.4 Å². The second kappa shape index (κ2) is 5.13. The quantitative estimate of drug-likeness (QED) is 0.859. The number of hydrogen-bond acceptors (Lipinski definition) is 5. The predicted octanol–water partition coefficient (Wildman–Crippen LogP) is 2.01. The summed E-state index contributed by atoms with van der Waals surface area (Å²) in [7, 11) is 0. The van der Waals surface area contributed by atoms with Crippen molar-refractivity contribution in [1.82, 2.24) is 24.7 Å². The van der Waals surface area contributed by atoms with Crippen LogP contribution in [-0.2, 0) is 6.54 Å². The molecule has 1 saturated heterocycles. The molecule has 100 valence electrons. The predicted molar refractivity (Wildman–Crippen MR) is 73.2 cm³/mol. The number of nitrogens with zero attached hydrogens (tertiary/aromatic N) is 6. The molecule has 0 amide bonds. The lowest BCUT2D eigenvalue weighted by molar-refractivity contribution is 0.663. The highest BCUT2D eigenvalue weighted by Gasteiger charge is 2.18. The van der Waals surface area contributed by atoms with Crippen molar-refractivity contribution in [3.05, 3.63) is 17.5 Å². The Kier molecular flexibility index (Phi) is 3.33. The molecule has 2 aromatic heterocycles. The highest BCUT2D eigenvalue weighted by atomic mass is 35.5. The Morgan fingerprint density at radius 1 is 1.21 bits per heavy atom. The molecule has 1 aliphatic rings. The molecule has 3 heterocycles. The van der Waals surface area contributed by atoms with Crippen molar-refractivity contribution in [2.45, 2.75) is 26.3 Å². The first-order chi connectivity index (χ1) is 9.28. The van der Waals surface area contributed by atoms with Gasteiger partial charge in [0, 0.05) is 25.8 Å². The van der Waals surface area contributed by atoms with Gasteiger partial charge in [-0.3, -0.25) is 4.68 Å². The zero-order chi connectivity index (χ0) is 13.2. The van der Waals surface area contributed by atoms with Crippen molar-refractivity contribution < 1.29 is 0 Å². The van der Waals surface area contributed by atoms with Crippen LogP contribution in [0.4, 0.5) is 5.95 Å². The summed E-state index contributed by atoms with van der Waals surface area (Å²) < 4.78 is 1.85. The number of aryl methyl sites for hydroxylation is 1. The number of rotatable bonds is 3.